The molecule has 20 heteroatoms. The maximum atomic E-state index is 6.45. The minimum Gasteiger partial charge on any atom is -0.309 e. The fourth-order valence-corrected chi connectivity index (χ4v) is 20.0. The Morgan fingerprint density at radius 2 is 0.444 bits per heavy atom. The second-order valence-corrected chi connectivity index (χ2v) is 35.7. The lowest BCUT2D eigenvalue weighted by molar-refractivity contribution is 1.06. The van der Waals surface area contributed by atoms with Gasteiger partial charge in [0.2, 0.25) is 21.1 Å². The van der Waals surface area contributed by atoms with E-state index in [-0.39, 0.29) is 21.1 Å². The van der Waals surface area contributed by atoms with Crippen LogP contribution in [0.25, 0.3) is 234 Å². The summed E-state index contributed by atoms with van der Waals surface area (Å²) in [6.45, 7) is 0. The standard InChI is InChI=1S/2C33H21ClN4.C31H19ClN4.C27H17ClN4/c34-33-36-31(23-12-6-2-7-13-23)35-32(37-33)25-16-18-27-28-20-24(22-10-4-1-5-11-22)17-19-29(28)38(30(27)21-25)26-14-8-3-9-15-26;34-33-36-31(24-12-5-2-6-13-24)35-32(37-33)27-15-9-17-29-30(27)26-14-7-8-16-28(26)38(29)25-20-18-23(19-21-25)22-10-3-1-4-11-22;32-31-34-29(21-11-3-1-4-12-21)33-30(35-31)25-17-9-16-24-27-23-15-8-7-10-20(23)18-19-26(27)36(28(24)25)22-13-5-2-6-14-22;28-27-30-25(18-10-3-1-4-11-18)29-26(31-27)22-16-9-15-21-20-14-7-8-17-23(20)32(24(21)22)19-12-5-2-6-13-19/h2*1-21H;1-19H;1-17H. The van der Waals surface area contributed by atoms with Gasteiger partial charge in [0.1, 0.15) is 0 Å². The molecule has 0 aliphatic rings. The summed E-state index contributed by atoms with van der Waals surface area (Å²) in [7, 11) is 0. The maximum absolute atomic E-state index is 6.45. The summed E-state index contributed by atoms with van der Waals surface area (Å²) in [5, 5.41) is 12.3. The Morgan fingerprint density at radius 3 is 0.951 bits per heavy atom. The molecular weight excluding hydrogens is 1860 g/mol. The fourth-order valence-electron chi connectivity index (χ4n) is 19.4. The zero-order valence-corrected chi connectivity index (χ0v) is 79.7. The molecule has 0 spiro atoms. The van der Waals surface area contributed by atoms with E-state index in [4.69, 9.17) is 66.3 Å². The minimum absolute atomic E-state index is 0.170. The van der Waals surface area contributed by atoms with Gasteiger partial charge in [-0.2, -0.15) is 39.9 Å². The van der Waals surface area contributed by atoms with Crippen molar-refractivity contribution in [3.63, 3.8) is 0 Å². The monoisotopic (exact) mass is 1930 g/mol. The average Bonchev–Trinajstić information content (AvgIpc) is 1.56. The van der Waals surface area contributed by atoms with Crippen molar-refractivity contribution >= 4 is 144 Å². The van der Waals surface area contributed by atoms with E-state index >= 15 is 0 Å². The number of benzene rings is 19. The molecule has 0 aliphatic heterocycles. The summed E-state index contributed by atoms with van der Waals surface area (Å²) in [5.41, 5.74) is 25.0. The van der Waals surface area contributed by atoms with E-state index in [2.05, 4.69) is 349 Å². The van der Waals surface area contributed by atoms with Gasteiger partial charge in [-0.15, -0.1) is 0 Å². The number of nitrogens with zero attached hydrogens (tertiary/aromatic N) is 16. The summed E-state index contributed by atoms with van der Waals surface area (Å²) in [4.78, 5) is 55.0. The molecule has 8 heterocycles. The Balaban J connectivity index is 0.000000104. The first kappa shape index (κ1) is 88.5. The summed E-state index contributed by atoms with van der Waals surface area (Å²) in [6.07, 6.45) is 0. The van der Waals surface area contributed by atoms with E-state index in [0.717, 1.165) is 138 Å². The van der Waals surface area contributed by atoms with Gasteiger partial charge >= 0.3 is 0 Å². The molecule has 0 atom stereocenters. The topological polar surface area (TPSA) is 174 Å². The molecule has 144 heavy (non-hydrogen) atoms. The van der Waals surface area contributed by atoms with Crippen molar-refractivity contribution in [1.29, 1.82) is 0 Å². The highest BCUT2D eigenvalue weighted by molar-refractivity contribution is 6.30. The molecule has 0 radical (unpaired) electrons. The Morgan fingerprint density at radius 1 is 0.146 bits per heavy atom. The summed E-state index contributed by atoms with van der Waals surface area (Å²) < 4.78 is 9.15. The zero-order valence-electron chi connectivity index (χ0n) is 76.7. The maximum Gasteiger partial charge on any atom is 0.226 e. The Kier molecular flexibility index (Phi) is 23.9. The highest BCUT2D eigenvalue weighted by Gasteiger charge is 2.26. The van der Waals surface area contributed by atoms with Crippen molar-refractivity contribution in [1.82, 2.24) is 78.1 Å². The van der Waals surface area contributed by atoms with Crippen molar-refractivity contribution < 1.29 is 0 Å². The van der Waals surface area contributed by atoms with Crippen molar-refractivity contribution in [3.8, 4) is 136 Å². The molecule has 0 saturated heterocycles. The third-order valence-corrected chi connectivity index (χ3v) is 26.4. The highest BCUT2D eigenvalue weighted by atomic mass is 35.5. The van der Waals surface area contributed by atoms with Crippen LogP contribution in [0.4, 0.5) is 0 Å². The van der Waals surface area contributed by atoms with Gasteiger partial charge in [0, 0.05) is 110 Å². The van der Waals surface area contributed by atoms with Gasteiger partial charge in [-0.05, 0) is 183 Å². The number of aromatic nitrogens is 16. The molecule has 0 fully saturated rings. The normalized spacial score (nSPS) is 11.3. The number of para-hydroxylation sites is 7. The highest BCUT2D eigenvalue weighted by Crippen LogP contribution is 2.46. The van der Waals surface area contributed by atoms with Crippen LogP contribution < -0.4 is 0 Å². The smallest absolute Gasteiger partial charge is 0.226 e. The molecule has 16 nitrogen and oxygen atoms in total. The fraction of sp³-hybridized carbons (Fsp3) is 0. The quantitative estimate of drug-likeness (QED) is 0.101. The van der Waals surface area contributed by atoms with Crippen LogP contribution >= 0.6 is 46.4 Å². The number of hydrogen-bond acceptors (Lipinski definition) is 12. The molecule has 8 aromatic heterocycles. The van der Waals surface area contributed by atoms with Gasteiger partial charge in [-0.25, -0.2) is 19.9 Å². The molecule has 19 aromatic carbocycles. The molecule has 0 saturated carbocycles. The number of rotatable bonds is 14. The van der Waals surface area contributed by atoms with E-state index in [0.29, 0.717) is 46.6 Å². The minimum atomic E-state index is 0.170. The van der Waals surface area contributed by atoms with Gasteiger partial charge in [-0.3, -0.25) is 0 Å². The van der Waals surface area contributed by atoms with Crippen molar-refractivity contribution in [2.24, 2.45) is 0 Å². The van der Waals surface area contributed by atoms with Crippen LogP contribution in [-0.4, -0.2) is 78.1 Å². The number of hydrogen-bond donors (Lipinski definition) is 0. The van der Waals surface area contributed by atoms with Crippen molar-refractivity contribution in [3.05, 3.63) is 494 Å². The molecule has 27 rings (SSSR count). The molecule has 0 unspecified atom stereocenters. The summed E-state index contributed by atoms with van der Waals surface area (Å²) >= 11 is 25.6. The second kappa shape index (κ2) is 38.9. The third kappa shape index (κ3) is 17.2. The largest absolute Gasteiger partial charge is 0.309 e. The molecule has 0 aliphatic carbocycles. The van der Waals surface area contributed by atoms with E-state index in [1.165, 1.54) is 49.2 Å². The summed E-state index contributed by atoms with van der Waals surface area (Å²) in [6, 6.07) is 162. The Labute approximate surface area is 846 Å². The summed E-state index contributed by atoms with van der Waals surface area (Å²) in [5.74, 6) is 4.40. The lowest BCUT2D eigenvalue weighted by atomic mass is 10.0. The predicted molar refractivity (Wildman–Crippen MR) is 589 cm³/mol. The van der Waals surface area contributed by atoms with E-state index in [1.54, 1.807) is 0 Å². The van der Waals surface area contributed by atoms with Crippen molar-refractivity contribution in [2.75, 3.05) is 0 Å². The first-order chi connectivity index (χ1) is 71.1. The van der Waals surface area contributed by atoms with Crippen molar-refractivity contribution in [2.45, 2.75) is 0 Å². The van der Waals surface area contributed by atoms with Crippen LogP contribution in [-0.2, 0) is 0 Å². The molecule has 0 amide bonds. The Bertz CT molecular complexity index is 9480. The van der Waals surface area contributed by atoms with Crippen LogP contribution in [0.3, 0.4) is 0 Å². The van der Waals surface area contributed by atoms with Gasteiger partial charge in [0.15, 0.2) is 46.6 Å². The van der Waals surface area contributed by atoms with Crippen LogP contribution in [0.1, 0.15) is 0 Å². The van der Waals surface area contributed by atoms with E-state index < -0.39 is 0 Å². The zero-order chi connectivity index (χ0) is 96.5. The first-order valence-corrected chi connectivity index (χ1v) is 48.4. The van der Waals surface area contributed by atoms with Gasteiger partial charge < -0.3 is 18.3 Å². The predicted octanol–water partition coefficient (Wildman–Crippen LogP) is 32.3. The van der Waals surface area contributed by atoms with Gasteiger partial charge in [0.05, 0.1) is 44.1 Å². The molecule has 682 valence electrons. The lowest BCUT2D eigenvalue weighted by Gasteiger charge is -2.11. The average molecular weight is 1930 g/mol. The molecule has 27 aromatic rings. The lowest BCUT2D eigenvalue weighted by Crippen LogP contribution is -2.00. The number of halogens is 4. The third-order valence-electron chi connectivity index (χ3n) is 25.8. The molecular formula is C124H78Cl4N16. The van der Waals surface area contributed by atoms with Gasteiger partial charge in [0.25, 0.3) is 0 Å². The van der Waals surface area contributed by atoms with E-state index in [1.807, 2.05) is 182 Å². The first-order valence-electron chi connectivity index (χ1n) is 46.9. The van der Waals surface area contributed by atoms with Crippen LogP contribution in [0.5, 0.6) is 0 Å². The molecule has 0 N–H and O–H groups in total. The molecule has 0 bridgehead atoms. The Hall–Kier alpha value is -18.2. The number of fused-ring (bicyclic) bond motifs is 14. The van der Waals surface area contributed by atoms with Crippen LogP contribution in [0, 0.1) is 0 Å². The van der Waals surface area contributed by atoms with Crippen LogP contribution in [0.15, 0.2) is 473 Å². The van der Waals surface area contributed by atoms with Crippen LogP contribution in [0.2, 0.25) is 21.1 Å². The second-order valence-electron chi connectivity index (χ2n) is 34.4. The van der Waals surface area contributed by atoms with E-state index in [9.17, 15) is 0 Å². The van der Waals surface area contributed by atoms with Gasteiger partial charge in [-0.1, -0.05) is 370 Å². The SMILES string of the molecule is Clc1nc(-c2ccccc2)nc(-c2ccc3c4cc(-c5ccccc5)ccc4n(-c4ccccc4)c3c2)n1.Clc1nc(-c2ccccc2)nc(-c2cccc3c2c2ccccc2n3-c2ccc(-c3ccccc3)cc2)n1.Clc1nc(-c2ccccc2)nc(-c2cccc3c4c5ccccc5ccc4n(-c4ccccc4)c23)n1.Clc1nc(-c2ccccc2)nc(-c2cccc3c4ccccc4n(-c4ccccc4)c23)n1.